The fourth-order valence-corrected chi connectivity index (χ4v) is 2.98. The van der Waals surface area contributed by atoms with Crippen LogP contribution < -0.4 is 4.90 Å². The smallest absolute Gasteiger partial charge is 0.241 e. The van der Waals surface area contributed by atoms with Gasteiger partial charge in [-0.3, -0.25) is 9.88 Å². The van der Waals surface area contributed by atoms with Crippen LogP contribution >= 0.6 is 0 Å². The largest absolute Gasteiger partial charge is 0.353 e. The normalized spacial score (nSPS) is 15.0. The number of aromatic nitrogens is 4. The molecular weight excluding hydrogens is 330 g/mol. The lowest BCUT2D eigenvalue weighted by Gasteiger charge is -2.34. The van der Waals surface area contributed by atoms with Gasteiger partial charge in [-0.15, -0.1) is 0 Å². The Morgan fingerprint density at radius 1 is 1.12 bits per heavy atom. The first-order valence-corrected chi connectivity index (χ1v) is 8.39. The molecule has 26 heavy (non-hydrogen) atoms. The Balaban J connectivity index is 1.37. The van der Waals surface area contributed by atoms with E-state index >= 15 is 0 Å². The van der Waals surface area contributed by atoms with Crippen molar-refractivity contribution in [2.75, 3.05) is 31.1 Å². The molecule has 0 unspecified atom stereocenters. The monoisotopic (exact) mass is 347 g/mol. The highest BCUT2D eigenvalue weighted by Crippen LogP contribution is 2.19. The Morgan fingerprint density at radius 2 is 1.96 bits per heavy atom. The molecule has 0 saturated carbocycles. The van der Waals surface area contributed by atoms with E-state index in [1.807, 2.05) is 12.1 Å². The predicted molar refractivity (Wildman–Crippen MR) is 94.0 cm³/mol. The van der Waals surface area contributed by atoms with Crippen LogP contribution in [0.5, 0.6) is 0 Å². The topological polar surface area (TPSA) is 95.0 Å². The second kappa shape index (κ2) is 7.29. The molecule has 1 fully saturated rings. The zero-order chi connectivity index (χ0) is 17.8. The van der Waals surface area contributed by atoms with Gasteiger partial charge in [0, 0.05) is 50.3 Å². The molecule has 0 atom stereocenters. The number of piperazine rings is 1. The number of hydrogen-bond donors (Lipinski definition) is 0. The lowest BCUT2D eigenvalue weighted by Crippen LogP contribution is -2.46. The van der Waals surface area contributed by atoms with Crippen molar-refractivity contribution >= 4 is 5.82 Å². The van der Waals surface area contributed by atoms with Crippen molar-refractivity contribution in [3.8, 4) is 17.5 Å². The van der Waals surface area contributed by atoms with Gasteiger partial charge in [0.2, 0.25) is 11.7 Å². The van der Waals surface area contributed by atoms with Crippen LogP contribution in [-0.2, 0) is 6.54 Å². The van der Waals surface area contributed by atoms with Crippen LogP contribution in [-0.4, -0.2) is 51.2 Å². The summed E-state index contributed by atoms with van der Waals surface area (Å²) in [5, 5.41) is 13.3. The number of rotatable bonds is 4. The minimum atomic E-state index is 0.555. The van der Waals surface area contributed by atoms with Gasteiger partial charge in [0.1, 0.15) is 11.9 Å². The second-order valence-electron chi connectivity index (χ2n) is 6.00. The first-order valence-electron chi connectivity index (χ1n) is 8.39. The molecule has 0 N–H and O–H groups in total. The third-order valence-corrected chi connectivity index (χ3v) is 4.33. The van der Waals surface area contributed by atoms with E-state index in [1.165, 1.54) is 0 Å². The van der Waals surface area contributed by atoms with Crippen molar-refractivity contribution in [2.24, 2.45) is 0 Å². The Hall–Kier alpha value is -3.31. The van der Waals surface area contributed by atoms with Gasteiger partial charge in [0.15, 0.2) is 0 Å². The first kappa shape index (κ1) is 16.2. The molecule has 0 bridgehead atoms. The van der Waals surface area contributed by atoms with Gasteiger partial charge >= 0.3 is 0 Å². The van der Waals surface area contributed by atoms with Gasteiger partial charge in [-0.05, 0) is 24.3 Å². The predicted octanol–water partition coefficient (Wildman–Crippen LogP) is 1.72. The van der Waals surface area contributed by atoms with E-state index in [0.717, 1.165) is 37.6 Å². The minimum absolute atomic E-state index is 0.555. The molecule has 8 nitrogen and oxygen atoms in total. The molecule has 0 radical (unpaired) electrons. The molecule has 3 aromatic heterocycles. The summed E-state index contributed by atoms with van der Waals surface area (Å²) in [6, 6.07) is 9.54. The van der Waals surface area contributed by atoms with Crippen LogP contribution in [0.4, 0.5) is 5.82 Å². The van der Waals surface area contributed by atoms with Crippen molar-refractivity contribution in [1.29, 1.82) is 5.26 Å². The van der Waals surface area contributed by atoms with Crippen molar-refractivity contribution in [2.45, 2.75) is 6.54 Å². The van der Waals surface area contributed by atoms with E-state index in [9.17, 15) is 5.26 Å². The van der Waals surface area contributed by atoms with Crippen LogP contribution in [0, 0.1) is 11.3 Å². The van der Waals surface area contributed by atoms with E-state index in [2.05, 4.69) is 36.0 Å². The fourth-order valence-electron chi connectivity index (χ4n) is 2.98. The molecular formula is C18H17N7O. The Bertz CT molecular complexity index is 911. The Kier molecular flexibility index (Phi) is 4.53. The molecule has 1 aliphatic heterocycles. The Labute approximate surface area is 150 Å². The maximum atomic E-state index is 9.23. The average molecular weight is 347 g/mol. The number of nitriles is 1. The van der Waals surface area contributed by atoms with Crippen LogP contribution in [0.15, 0.2) is 47.4 Å². The molecule has 4 rings (SSSR count). The van der Waals surface area contributed by atoms with E-state index in [0.29, 0.717) is 23.8 Å². The lowest BCUT2D eigenvalue weighted by molar-refractivity contribution is 0.215. The van der Waals surface area contributed by atoms with E-state index in [1.54, 1.807) is 30.7 Å². The average Bonchev–Trinajstić information content (AvgIpc) is 3.18. The summed E-state index contributed by atoms with van der Waals surface area (Å²) >= 11 is 0. The van der Waals surface area contributed by atoms with Crippen molar-refractivity contribution in [3.05, 3.63) is 54.3 Å². The molecule has 130 valence electrons. The molecule has 0 aromatic carbocycles. The zero-order valence-corrected chi connectivity index (χ0v) is 14.1. The third kappa shape index (κ3) is 3.38. The van der Waals surface area contributed by atoms with Gasteiger partial charge in [0.05, 0.1) is 12.1 Å². The molecule has 8 heteroatoms. The van der Waals surface area contributed by atoms with Crippen molar-refractivity contribution < 1.29 is 4.52 Å². The molecule has 1 saturated heterocycles. The van der Waals surface area contributed by atoms with E-state index in [4.69, 9.17) is 4.52 Å². The summed E-state index contributed by atoms with van der Waals surface area (Å²) in [5.74, 6) is 1.90. The van der Waals surface area contributed by atoms with E-state index in [-0.39, 0.29) is 0 Å². The third-order valence-electron chi connectivity index (χ3n) is 4.33. The second-order valence-corrected chi connectivity index (χ2v) is 6.00. The highest BCUT2D eigenvalue weighted by molar-refractivity contribution is 5.54. The van der Waals surface area contributed by atoms with Crippen LogP contribution in [0.3, 0.4) is 0 Å². The van der Waals surface area contributed by atoms with Crippen LogP contribution in [0.25, 0.3) is 11.4 Å². The number of hydrogen-bond acceptors (Lipinski definition) is 8. The maximum absolute atomic E-state index is 9.23. The lowest BCUT2D eigenvalue weighted by atomic mass is 10.2. The highest BCUT2D eigenvalue weighted by atomic mass is 16.5. The minimum Gasteiger partial charge on any atom is -0.353 e. The van der Waals surface area contributed by atoms with Gasteiger partial charge < -0.3 is 9.42 Å². The molecule has 0 amide bonds. The van der Waals surface area contributed by atoms with Gasteiger partial charge in [-0.25, -0.2) is 4.98 Å². The number of nitrogens with zero attached hydrogens (tertiary/aromatic N) is 7. The summed E-state index contributed by atoms with van der Waals surface area (Å²) in [5.41, 5.74) is 1.45. The molecule has 0 aliphatic carbocycles. The summed E-state index contributed by atoms with van der Waals surface area (Å²) in [6.45, 7) is 3.89. The van der Waals surface area contributed by atoms with Gasteiger partial charge in [-0.1, -0.05) is 5.16 Å². The SMILES string of the molecule is N#Cc1cccnc1N1CCN(Cc2nc(-c3cccnc3)no2)CC1. The summed E-state index contributed by atoms with van der Waals surface area (Å²) in [7, 11) is 0. The Morgan fingerprint density at radius 3 is 2.73 bits per heavy atom. The first-order chi connectivity index (χ1) is 12.8. The number of pyridine rings is 2. The standard InChI is InChI=1S/C18H17N7O/c19-11-14-3-2-6-21-18(14)25-9-7-24(8-10-25)13-16-22-17(23-26-16)15-4-1-5-20-12-15/h1-6,12H,7-10,13H2. The van der Waals surface area contributed by atoms with Crippen LogP contribution in [0.1, 0.15) is 11.5 Å². The molecule has 1 aliphatic rings. The van der Waals surface area contributed by atoms with Crippen LogP contribution in [0.2, 0.25) is 0 Å². The number of anilines is 1. The van der Waals surface area contributed by atoms with Gasteiger partial charge in [-0.2, -0.15) is 10.2 Å². The zero-order valence-electron chi connectivity index (χ0n) is 14.1. The fraction of sp³-hybridized carbons (Fsp3) is 0.278. The molecule has 4 heterocycles. The highest BCUT2D eigenvalue weighted by Gasteiger charge is 2.22. The maximum Gasteiger partial charge on any atom is 0.241 e. The van der Waals surface area contributed by atoms with Crippen molar-refractivity contribution in [3.63, 3.8) is 0 Å². The summed E-state index contributed by atoms with van der Waals surface area (Å²) < 4.78 is 5.37. The van der Waals surface area contributed by atoms with E-state index < -0.39 is 0 Å². The molecule has 3 aromatic rings. The quantitative estimate of drug-likeness (QED) is 0.704. The summed E-state index contributed by atoms with van der Waals surface area (Å²) in [6.07, 6.45) is 5.15. The van der Waals surface area contributed by atoms with Gasteiger partial charge in [0.25, 0.3) is 0 Å². The van der Waals surface area contributed by atoms with Crippen molar-refractivity contribution in [1.82, 2.24) is 25.0 Å². The summed E-state index contributed by atoms with van der Waals surface area (Å²) in [4.78, 5) is 17.3. The molecule has 0 spiro atoms.